The van der Waals surface area contributed by atoms with Crippen LogP contribution in [-0.2, 0) is 27.9 Å². The molecule has 9 nitrogen and oxygen atoms in total. The monoisotopic (exact) mass is 826 g/mol. The van der Waals surface area contributed by atoms with Crippen LogP contribution in [0.4, 0.5) is 0 Å². The Balaban J connectivity index is 3.55. The van der Waals surface area contributed by atoms with Gasteiger partial charge >= 0.3 is 13.8 Å². The first-order valence-corrected chi connectivity index (χ1v) is 25.0. The van der Waals surface area contributed by atoms with Gasteiger partial charge in [-0.2, -0.15) is 0 Å². The van der Waals surface area contributed by atoms with Gasteiger partial charge in [0.1, 0.15) is 12.7 Å². The largest absolute Gasteiger partial charge is 0.472 e. The Hall–Kier alpha value is -1.77. The highest BCUT2D eigenvalue weighted by molar-refractivity contribution is 7.47. The van der Waals surface area contributed by atoms with Crippen molar-refractivity contribution in [1.82, 2.24) is 5.32 Å². The molecule has 0 radical (unpaired) electrons. The standard InChI is InChI=1S/C47H88NO8P/c1-3-5-7-9-11-13-15-17-18-19-20-21-22-23-24-25-26-28-29-31-33-35-37-39-46(50)48-41-42-55-57(52,53)56-44-45(49)43-54-47(51)40-38-36-34-32-30-27-16-14-12-10-8-6-4-2/h11,13-14,16-18,45,49H,3-10,12,15,19-44H2,1-2H3,(H,48,50)(H,52,53)/b13-11-,16-14-,18-17-. The second kappa shape index (κ2) is 43.8. The van der Waals surface area contributed by atoms with Gasteiger partial charge in [0.05, 0.1) is 13.2 Å². The molecule has 334 valence electrons. The van der Waals surface area contributed by atoms with E-state index in [1.54, 1.807) is 0 Å². The van der Waals surface area contributed by atoms with Crippen molar-refractivity contribution < 1.29 is 37.9 Å². The van der Waals surface area contributed by atoms with Crippen LogP contribution in [0.2, 0.25) is 0 Å². The molecule has 2 unspecified atom stereocenters. The number of amides is 1. The molecule has 0 aliphatic heterocycles. The quantitative estimate of drug-likeness (QED) is 0.0239. The highest BCUT2D eigenvalue weighted by Crippen LogP contribution is 2.42. The van der Waals surface area contributed by atoms with Crippen molar-refractivity contribution >= 4 is 19.7 Å². The Labute approximate surface area is 350 Å². The number of carbonyl (C=O) groups excluding carboxylic acids is 2. The van der Waals surface area contributed by atoms with E-state index in [2.05, 4.69) is 55.6 Å². The van der Waals surface area contributed by atoms with Gasteiger partial charge in [-0.25, -0.2) is 4.57 Å². The number of rotatable bonds is 44. The molecule has 0 fully saturated rings. The van der Waals surface area contributed by atoms with Crippen LogP contribution >= 0.6 is 7.82 Å². The molecule has 0 saturated carbocycles. The Morgan fingerprint density at radius 1 is 0.544 bits per heavy atom. The first kappa shape index (κ1) is 55.2. The number of phosphoric ester groups is 1. The van der Waals surface area contributed by atoms with E-state index in [0.717, 1.165) is 64.2 Å². The number of aliphatic hydroxyl groups excluding tert-OH is 1. The summed E-state index contributed by atoms with van der Waals surface area (Å²) in [6.07, 6.45) is 49.4. The Morgan fingerprint density at radius 3 is 1.46 bits per heavy atom. The molecule has 0 bridgehead atoms. The molecule has 0 spiro atoms. The summed E-state index contributed by atoms with van der Waals surface area (Å²) in [5, 5.41) is 12.7. The molecule has 0 aromatic heterocycles. The third-order valence-electron chi connectivity index (χ3n) is 10.0. The van der Waals surface area contributed by atoms with Crippen molar-refractivity contribution in [3.8, 4) is 0 Å². The van der Waals surface area contributed by atoms with Crippen molar-refractivity contribution in [3.63, 3.8) is 0 Å². The van der Waals surface area contributed by atoms with E-state index in [0.29, 0.717) is 6.42 Å². The van der Waals surface area contributed by atoms with E-state index in [9.17, 15) is 24.2 Å². The van der Waals surface area contributed by atoms with Crippen molar-refractivity contribution in [1.29, 1.82) is 0 Å². The van der Waals surface area contributed by atoms with Crippen LogP contribution < -0.4 is 5.32 Å². The zero-order chi connectivity index (χ0) is 41.8. The van der Waals surface area contributed by atoms with Gasteiger partial charge in [-0.15, -0.1) is 0 Å². The molecule has 3 N–H and O–H groups in total. The number of nitrogens with one attached hydrogen (secondary N) is 1. The predicted octanol–water partition coefficient (Wildman–Crippen LogP) is 13.3. The number of carbonyl (C=O) groups is 2. The van der Waals surface area contributed by atoms with Gasteiger partial charge in [0, 0.05) is 19.4 Å². The topological polar surface area (TPSA) is 131 Å². The lowest BCUT2D eigenvalue weighted by molar-refractivity contribution is -0.147. The summed E-state index contributed by atoms with van der Waals surface area (Å²) in [5.74, 6) is -0.522. The third kappa shape index (κ3) is 45.2. The minimum atomic E-state index is -4.42. The average molecular weight is 826 g/mol. The average Bonchev–Trinajstić information content (AvgIpc) is 3.20. The maximum absolute atomic E-state index is 12.1. The molecular weight excluding hydrogens is 737 g/mol. The SMILES string of the molecule is CCCCC/C=C\C/C=C\CCCCCCCCCCCCCCCC(=O)NCCOP(=O)(O)OCC(O)COC(=O)CCCCCCC/C=C\CCCCCC. The molecule has 2 atom stereocenters. The van der Waals surface area contributed by atoms with E-state index < -0.39 is 26.5 Å². The minimum Gasteiger partial charge on any atom is -0.463 e. The zero-order valence-electron chi connectivity index (χ0n) is 36.8. The van der Waals surface area contributed by atoms with E-state index in [1.165, 1.54) is 128 Å². The lowest BCUT2D eigenvalue weighted by atomic mass is 10.0. The van der Waals surface area contributed by atoms with Crippen LogP contribution in [-0.4, -0.2) is 54.3 Å². The van der Waals surface area contributed by atoms with Crippen LogP contribution in [0, 0.1) is 0 Å². The van der Waals surface area contributed by atoms with Gasteiger partial charge in [-0.1, -0.05) is 172 Å². The number of allylic oxidation sites excluding steroid dienone is 6. The number of hydrogen-bond acceptors (Lipinski definition) is 7. The smallest absolute Gasteiger partial charge is 0.463 e. The fourth-order valence-electron chi connectivity index (χ4n) is 6.46. The van der Waals surface area contributed by atoms with E-state index in [1.807, 2.05) is 0 Å². The van der Waals surface area contributed by atoms with Crippen molar-refractivity contribution in [2.24, 2.45) is 0 Å². The molecule has 0 aliphatic carbocycles. The Bertz CT molecular complexity index is 1030. The van der Waals surface area contributed by atoms with Crippen LogP contribution in [0.5, 0.6) is 0 Å². The summed E-state index contributed by atoms with van der Waals surface area (Å²) in [4.78, 5) is 33.9. The molecule has 0 aromatic carbocycles. The zero-order valence-corrected chi connectivity index (χ0v) is 37.7. The maximum Gasteiger partial charge on any atom is 0.472 e. The van der Waals surface area contributed by atoms with Gasteiger partial charge in [-0.05, 0) is 70.6 Å². The van der Waals surface area contributed by atoms with Crippen molar-refractivity contribution in [2.75, 3.05) is 26.4 Å². The molecule has 0 rings (SSSR count). The Kier molecular flexibility index (Phi) is 42.4. The molecule has 1 amide bonds. The van der Waals surface area contributed by atoms with Gasteiger partial charge < -0.3 is 20.1 Å². The second-order valence-electron chi connectivity index (χ2n) is 15.7. The minimum absolute atomic E-state index is 0.0812. The van der Waals surface area contributed by atoms with Gasteiger partial charge in [0.15, 0.2) is 0 Å². The maximum atomic E-state index is 12.1. The molecule has 0 saturated heterocycles. The number of unbranched alkanes of at least 4 members (excludes halogenated alkanes) is 25. The summed E-state index contributed by atoms with van der Waals surface area (Å²) in [5.41, 5.74) is 0. The number of hydrogen-bond donors (Lipinski definition) is 3. The molecule has 57 heavy (non-hydrogen) atoms. The lowest BCUT2D eigenvalue weighted by Crippen LogP contribution is -2.27. The van der Waals surface area contributed by atoms with Gasteiger partial charge in [-0.3, -0.25) is 18.6 Å². The molecule has 10 heteroatoms. The normalized spacial score (nSPS) is 13.5. The van der Waals surface area contributed by atoms with E-state index in [-0.39, 0.29) is 32.1 Å². The van der Waals surface area contributed by atoms with Crippen molar-refractivity contribution in [2.45, 2.75) is 225 Å². The summed E-state index contributed by atoms with van der Waals surface area (Å²) < 4.78 is 26.9. The van der Waals surface area contributed by atoms with E-state index in [4.69, 9.17) is 13.8 Å². The van der Waals surface area contributed by atoms with E-state index >= 15 is 0 Å². The molecule has 0 heterocycles. The van der Waals surface area contributed by atoms with Crippen LogP contribution in [0.15, 0.2) is 36.5 Å². The molecule has 0 aromatic rings. The first-order chi connectivity index (χ1) is 27.8. The number of ether oxygens (including phenoxy) is 1. The van der Waals surface area contributed by atoms with Gasteiger partial charge in [0.2, 0.25) is 5.91 Å². The number of aliphatic hydroxyl groups is 1. The number of esters is 1. The van der Waals surface area contributed by atoms with Gasteiger partial charge in [0.25, 0.3) is 0 Å². The summed E-state index contributed by atoms with van der Waals surface area (Å²) >= 11 is 0. The molecular formula is C47H88NO8P. The fourth-order valence-corrected chi connectivity index (χ4v) is 7.22. The Morgan fingerprint density at radius 2 is 0.947 bits per heavy atom. The van der Waals surface area contributed by atoms with Crippen LogP contribution in [0.1, 0.15) is 219 Å². The highest BCUT2D eigenvalue weighted by atomic mass is 31.2. The highest BCUT2D eigenvalue weighted by Gasteiger charge is 2.23. The van der Waals surface area contributed by atoms with Crippen molar-refractivity contribution in [3.05, 3.63) is 36.5 Å². The predicted molar refractivity (Wildman–Crippen MR) is 238 cm³/mol. The number of phosphoric acid groups is 1. The fraction of sp³-hybridized carbons (Fsp3) is 0.830. The first-order valence-electron chi connectivity index (χ1n) is 23.5. The summed E-state index contributed by atoms with van der Waals surface area (Å²) in [7, 11) is -4.42. The lowest BCUT2D eigenvalue weighted by Gasteiger charge is -2.15. The third-order valence-corrected chi connectivity index (χ3v) is 11.0. The second-order valence-corrected chi connectivity index (χ2v) is 17.2. The molecule has 0 aliphatic rings. The van der Waals surface area contributed by atoms with Crippen LogP contribution in [0.25, 0.3) is 0 Å². The van der Waals surface area contributed by atoms with Crippen LogP contribution in [0.3, 0.4) is 0 Å². The summed E-state index contributed by atoms with van der Waals surface area (Å²) in [6.45, 7) is 3.52. The summed E-state index contributed by atoms with van der Waals surface area (Å²) in [6, 6.07) is 0.